The molecule has 0 saturated carbocycles. The van der Waals surface area contributed by atoms with E-state index in [0.717, 1.165) is 6.07 Å². The molecule has 3 aromatic rings. The third-order valence-electron chi connectivity index (χ3n) is 3.97. The van der Waals surface area contributed by atoms with Gasteiger partial charge in [0.05, 0.1) is 30.3 Å². The molecule has 6 nitrogen and oxygen atoms in total. The van der Waals surface area contributed by atoms with Crippen molar-refractivity contribution in [3.63, 3.8) is 0 Å². The monoisotopic (exact) mass is 378 g/mol. The van der Waals surface area contributed by atoms with Crippen LogP contribution in [0.5, 0.6) is 5.75 Å². The first kappa shape index (κ1) is 18.8. The zero-order chi connectivity index (χ0) is 19.4. The zero-order valence-electron chi connectivity index (χ0n) is 14.4. The van der Waals surface area contributed by atoms with E-state index in [1.807, 2.05) is 0 Å². The molecule has 0 aliphatic heterocycles. The first-order valence-corrected chi connectivity index (χ1v) is 8.21. The third kappa shape index (κ3) is 4.25. The maximum atomic E-state index is 13.3. The number of aryl methyl sites for hydroxylation is 1. The third-order valence-corrected chi connectivity index (χ3v) is 3.97. The Balaban J connectivity index is 1.77. The second-order valence-corrected chi connectivity index (χ2v) is 5.71. The maximum absolute atomic E-state index is 13.3. The van der Waals surface area contributed by atoms with Gasteiger partial charge in [-0.15, -0.1) is 0 Å². The minimum atomic E-state index is -4.45. The molecule has 1 N–H and O–H groups in total. The molecule has 27 heavy (non-hydrogen) atoms. The van der Waals surface area contributed by atoms with E-state index in [4.69, 9.17) is 9.84 Å². The molecule has 0 aliphatic rings. The van der Waals surface area contributed by atoms with Crippen molar-refractivity contribution in [2.24, 2.45) is 0 Å². The topological polar surface area (TPSA) is 73.1 Å². The Labute approximate surface area is 153 Å². The lowest BCUT2D eigenvalue weighted by Gasteiger charge is -2.16. The van der Waals surface area contributed by atoms with E-state index in [2.05, 4.69) is 15.1 Å². The number of aliphatic hydroxyl groups is 1. The number of hydrogen-bond donors (Lipinski definition) is 1. The molecule has 0 aliphatic carbocycles. The van der Waals surface area contributed by atoms with E-state index in [9.17, 15) is 13.2 Å². The van der Waals surface area contributed by atoms with Crippen molar-refractivity contribution in [2.45, 2.75) is 32.7 Å². The Bertz CT molecular complexity index is 908. The first-order valence-electron chi connectivity index (χ1n) is 8.21. The Morgan fingerprint density at radius 2 is 1.89 bits per heavy atom. The van der Waals surface area contributed by atoms with Crippen molar-refractivity contribution in [1.29, 1.82) is 0 Å². The van der Waals surface area contributed by atoms with Crippen molar-refractivity contribution < 1.29 is 23.0 Å². The van der Waals surface area contributed by atoms with Crippen molar-refractivity contribution in [2.75, 3.05) is 0 Å². The van der Waals surface area contributed by atoms with E-state index in [-0.39, 0.29) is 30.5 Å². The second-order valence-electron chi connectivity index (χ2n) is 5.71. The van der Waals surface area contributed by atoms with Crippen LogP contribution in [0.25, 0.3) is 5.95 Å². The van der Waals surface area contributed by atoms with Crippen LogP contribution in [-0.4, -0.2) is 24.9 Å². The molecule has 0 radical (unpaired) electrons. The molecule has 9 heteroatoms. The molecule has 2 heterocycles. The van der Waals surface area contributed by atoms with Crippen LogP contribution in [0.15, 0.2) is 42.9 Å². The summed E-state index contributed by atoms with van der Waals surface area (Å²) in [5.74, 6) is 0.499. The smallest absolute Gasteiger partial charge is 0.416 e. The molecule has 0 amide bonds. The van der Waals surface area contributed by atoms with Crippen LogP contribution in [0, 0.1) is 0 Å². The summed E-state index contributed by atoms with van der Waals surface area (Å²) in [5, 5.41) is 13.1. The van der Waals surface area contributed by atoms with Gasteiger partial charge in [0.1, 0.15) is 6.61 Å². The highest BCUT2D eigenvalue weighted by molar-refractivity contribution is 5.37. The van der Waals surface area contributed by atoms with Gasteiger partial charge < -0.3 is 9.84 Å². The van der Waals surface area contributed by atoms with Gasteiger partial charge in [-0.25, -0.2) is 14.6 Å². The summed E-state index contributed by atoms with van der Waals surface area (Å²) >= 11 is 0. The molecule has 0 spiro atoms. The molecular formula is C18H17F3N4O2. The summed E-state index contributed by atoms with van der Waals surface area (Å²) < 4.78 is 46.6. The average Bonchev–Trinajstić information content (AvgIpc) is 3.15. The summed E-state index contributed by atoms with van der Waals surface area (Å²) in [7, 11) is 0. The standard InChI is InChI=1S/C18H17F3N4O2/c1-2-12-4-3-5-16(18(19,20)21)15(12)11-27-14-8-22-17(23-9-14)25-7-6-13(10-26)24-25/h3-9,26H,2,10-11H2,1H3. The number of halogens is 3. The van der Waals surface area contributed by atoms with Crippen LogP contribution < -0.4 is 4.74 Å². The maximum Gasteiger partial charge on any atom is 0.416 e. The van der Waals surface area contributed by atoms with Crippen LogP contribution in [0.2, 0.25) is 0 Å². The number of rotatable bonds is 6. The molecular weight excluding hydrogens is 361 g/mol. The van der Waals surface area contributed by atoms with Crippen LogP contribution in [0.4, 0.5) is 13.2 Å². The SMILES string of the molecule is CCc1cccc(C(F)(F)F)c1COc1cnc(-n2ccc(CO)n2)nc1. The molecule has 0 atom stereocenters. The van der Waals surface area contributed by atoms with Crippen LogP contribution in [0.1, 0.15) is 29.3 Å². The highest BCUT2D eigenvalue weighted by Crippen LogP contribution is 2.34. The van der Waals surface area contributed by atoms with Gasteiger partial charge in [-0.1, -0.05) is 19.1 Å². The minimum absolute atomic E-state index is 0.108. The molecule has 0 bridgehead atoms. The van der Waals surface area contributed by atoms with Crippen LogP contribution in [0.3, 0.4) is 0 Å². The Hall–Kier alpha value is -2.94. The highest BCUT2D eigenvalue weighted by atomic mass is 19.4. The summed E-state index contributed by atoms with van der Waals surface area (Å²) in [6, 6.07) is 5.72. The molecule has 0 saturated heterocycles. The number of ether oxygens (including phenoxy) is 1. The molecule has 0 fully saturated rings. The predicted molar refractivity (Wildman–Crippen MR) is 90.2 cm³/mol. The normalized spacial score (nSPS) is 11.6. The Morgan fingerprint density at radius 1 is 1.15 bits per heavy atom. The van der Waals surface area contributed by atoms with Gasteiger partial charge in [0.15, 0.2) is 5.75 Å². The Kier molecular flexibility index (Phi) is 5.41. The lowest BCUT2D eigenvalue weighted by Crippen LogP contribution is -2.13. The van der Waals surface area contributed by atoms with Crippen molar-refractivity contribution >= 4 is 0 Å². The average molecular weight is 378 g/mol. The number of alkyl halides is 3. The lowest BCUT2D eigenvalue weighted by molar-refractivity contribution is -0.138. The number of aromatic nitrogens is 4. The largest absolute Gasteiger partial charge is 0.486 e. The van der Waals surface area contributed by atoms with Gasteiger partial charge >= 0.3 is 6.18 Å². The summed E-state index contributed by atoms with van der Waals surface area (Å²) in [4.78, 5) is 8.17. The fourth-order valence-corrected chi connectivity index (χ4v) is 2.62. The van der Waals surface area contributed by atoms with E-state index >= 15 is 0 Å². The summed E-state index contributed by atoms with van der Waals surface area (Å²) in [6.45, 7) is 1.35. The van der Waals surface area contributed by atoms with Gasteiger partial charge in [-0.2, -0.15) is 18.3 Å². The van der Waals surface area contributed by atoms with Gasteiger partial charge in [0, 0.05) is 11.8 Å². The first-order chi connectivity index (χ1) is 12.9. The van der Waals surface area contributed by atoms with E-state index in [1.54, 1.807) is 25.3 Å². The minimum Gasteiger partial charge on any atom is -0.486 e. The predicted octanol–water partition coefficient (Wildman–Crippen LogP) is 3.31. The van der Waals surface area contributed by atoms with Crippen LogP contribution >= 0.6 is 0 Å². The van der Waals surface area contributed by atoms with Crippen molar-refractivity contribution in [1.82, 2.24) is 19.7 Å². The van der Waals surface area contributed by atoms with Gasteiger partial charge in [-0.05, 0) is 24.1 Å². The fourth-order valence-electron chi connectivity index (χ4n) is 2.62. The quantitative estimate of drug-likeness (QED) is 0.712. The summed E-state index contributed by atoms with van der Waals surface area (Å²) in [5.41, 5.74) is 0.453. The van der Waals surface area contributed by atoms with Crippen LogP contribution in [-0.2, 0) is 25.8 Å². The van der Waals surface area contributed by atoms with Gasteiger partial charge in [0.25, 0.3) is 5.95 Å². The van der Waals surface area contributed by atoms with Gasteiger partial charge in [-0.3, -0.25) is 0 Å². The van der Waals surface area contributed by atoms with E-state index in [1.165, 1.54) is 23.1 Å². The number of benzene rings is 1. The zero-order valence-corrected chi connectivity index (χ0v) is 14.4. The molecule has 1 aromatic carbocycles. The summed E-state index contributed by atoms with van der Waals surface area (Å²) in [6.07, 6.45) is 0.336. The molecule has 142 valence electrons. The lowest BCUT2D eigenvalue weighted by atomic mass is 9.99. The fraction of sp³-hybridized carbons (Fsp3) is 0.278. The van der Waals surface area contributed by atoms with Crippen molar-refractivity contribution in [3.05, 3.63) is 65.2 Å². The van der Waals surface area contributed by atoms with Gasteiger partial charge in [0.2, 0.25) is 0 Å². The van der Waals surface area contributed by atoms with E-state index < -0.39 is 11.7 Å². The second kappa shape index (κ2) is 7.75. The molecule has 0 unspecified atom stereocenters. The number of hydrogen-bond acceptors (Lipinski definition) is 5. The molecule has 3 rings (SSSR count). The highest BCUT2D eigenvalue weighted by Gasteiger charge is 2.34. The van der Waals surface area contributed by atoms with Crippen molar-refractivity contribution in [3.8, 4) is 11.7 Å². The van der Waals surface area contributed by atoms with E-state index in [0.29, 0.717) is 17.7 Å². The number of nitrogens with zero attached hydrogens (tertiary/aromatic N) is 4. The number of aliphatic hydroxyl groups excluding tert-OH is 1. The molecule has 2 aromatic heterocycles. The Morgan fingerprint density at radius 3 is 2.48 bits per heavy atom.